The molecular formula is C12H12BrN3O2. The highest BCUT2D eigenvalue weighted by molar-refractivity contribution is 9.10. The molecule has 1 heterocycles. The van der Waals surface area contributed by atoms with Gasteiger partial charge in [-0.15, -0.1) is 0 Å². The summed E-state index contributed by atoms with van der Waals surface area (Å²) >= 11 is 3.33. The maximum atomic E-state index is 12.0. The van der Waals surface area contributed by atoms with E-state index in [4.69, 9.17) is 0 Å². The lowest BCUT2D eigenvalue weighted by atomic mass is 10.3. The maximum absolute atomic E-state index is 12.0. The molecule has 18 heavy (non-hydrogen) atoms. The molecule has 0 aliphatic carbocycles. The Morgan fingerprint density at radius 3 is 2.67 bits per heavy atom. The molecule has 5 nitrogen and oxygen atoms in total. The number of para-hydroxylation sites is 2. The largest absolute Gasteiger partial charge is 0.506 e. The summed E-state index contributed by atoms with van der Waals surface area (Å²) in [5, 5.41) is 16.3. The molecule has 0 spiro atoms. The molecule has 0 bridgehead atoms. The van der Waals surface area contributed by atoms with Crippen molar-refractivity contribution in [1.29, 1.82) is 0 Å². The van der Waals surface area contributed by atoms with E-state index >= 15 is 0 Å². The smallest absolute Gasteiger partial charge is 0.277 e. The number of carbonyl (C=O) groups excluding carboxylic acids is 1. The van der Waals surface area contributed by atoms with Gasteiger partial charge in [0.1, 0.15) is 5.75 Å². The number of aromatic hydroxyl groups is 1. The predicted molar refractivity (Wildman–Crippen MR) is 71.7 cm³/mol. The van der Waals surface area contributed by atoms with Gasteiger partial charge in [0.2, 0.25) is 0 Å². The van der Waals surface area contributed by atoms with E-state index in [0.29, 0.717) is 15.9 Å². The van der Waals surface area contributed by atoms with Crippen molar-refractivity contribution in [1.82, 2.24) is 9.78 Å². The highest BCUT2D eigenvalue weighted by Gasteiger charge is 2.18. The summed E-state index contributed by atoms with van der Waals surface area (Å²) in [6.45, 7) is 1.86. The van der Waals surface area contributed by atoms with Crippen molar-refractivity contribution in [2.75, 3.05) is 5.32 Å². The molecule has 2 N–H and O–H groups in total. The second-order valence-electron chi connectivity index (χ2n) is 3.84. The second kappa shape index (κ2) is 4.81. The third-order valence-corrected chi connectivity index (χ3v) is 3.58. The lowest BCUT2D eigenvalue weighted by molar-refractivity contribution is 0.102. The van der Waals surface area contributed by atoms with Crippen LogP contribution in [0.25, 0.3) is 0 Å². The number of carbonyl (C=O) groups is 1. The van der Waals surface area contributed by atoms with Gasteiger partial charge in [0.05, 0.1) is 15.9 Å². The normalized spacial score (nSPS) is 10.4. The number of halogens is 1. The number of nitrogens with zero attached hydrogens (tertiary/aromatic N) is 2. The van der Waals surface area contributed by atoms with E-state index in [1.807, 2.05) is 6.92 Å². The van der Waals surface area contributed by atoms with Crippen LogP contribution in [-0.2, 0) is 7.05 Å². The van der Waals surface area contributed by atoms with E-state index in [2.05, 4.69) is 26.3 Å². The van der Waals surface area contributed by atoms with Gasteiger partial charge >= 0.3 is 0 Å². The van der Waals surface area contributed by atoms with Gasteiger partial charge < -0.3 is 10.4 Å². The van der Waals surface area contributed by atoms with Crippen molar-refractivity contribution in [2.45, 2.75) is 6.92 Å². The summed E-state index contributed by atoms with van der Waals surface area (Å²) in [5.41, 5.74) is 1.51. The number of aromatic nitrogens is 2. The molecule has 0 atom stereocenters. The van der Waals surface area contributed by atoms with Gasteiger partial charge in [-0.2, -0.15) is 5.10 Å². The highest BCUT2D eigenvalue weighted by Crippen LogP contribution is 2.24. The molecule has 1 amide bonds. The summed E-state index contributed by atoms with van der Waals surface area (Å²) in [5.74, 6) is -0.346. The van der Waals surface area contributed by atoms with Crippen LogP contribution < -0.4 is 5.32 Å². The number of aryl methyl sites for hydroxylation is 1. The molecule has 0 saturated carbocycles. The van der Waals surface area contributed by atoms with Crippen LogP contribution in [0.2, 0.25) is 0 Å². The molecule has 0 unspecified atom stereocenters. The maximum Gasteiger partial charge on any atom is 0.277 e. The van der Waals surface area contributed by atoms with Crippen LogP contribution >= 0.6 is 15.9 Å². The van der Waals surface area contributed by atoms with Crippen molar-refractivity contribution in [2.24, 2.45) is 7.05 Å². The fraction of sp³-hybridized carbons (Fsp3) is 0.167. The summed E-state index contributed by atoms with van der Waals surface area (Å²) in [6.07, 6.45) is 0. The van der Waals surface area contributed by atoms with E-state index in [1.54, 1.807) is 29.9 Å². The first-order chi connectivity index (χ1) is 8.50. The van der Waals surface area contributed by atoms with Crippen molar-refractivity contribution >= 4 is 27.5 Å². The third kappa shape index (κ3) is 2.24. The van der Waals surface area contributed by atoms with Gasteiger partial charge in [-0.05, 0) is 35.0 Å². The molecule has 1 aromatic heterocycles. The Balaban J connectivity index is 2.28. The standard InChI is InChI=1S/C12H12BrN3O2/c1-7-10(13)11(15-16(7)2)12(18)14-8-5-3-4-6-9(8)17/h3-6,17H,1-2H3,(H,14,18). The monoisotopic (exact) mass is 309 g/mol. The van der Waals surface area contributed by atoms with Crippen LogP contribution in [-0.4, -0.2) is 20.8 Å². The molecule has 1 aromatic carbocycles. The number of phenolic OH excluding ortho intramolecular Hbond substituents is 1. The lowest BCUT2D eigenvalue weighted by Gasteiger charge is -2.05. The predicted octanol–water partition coefficient (Wildman–Crippen LogP) is 2.45. The molecule has 0 radical (unpaired) electrons. The SMILES string of the molecule is Cc1c(Br)c(C(=O)Nc2ccccc2O)nn1C. The molecule has 94 valence electrons. The van der Waals surface area contributed by atoms with Crippen molar-refractivity contribution in [3.05, 3.63) is 40.1 Å². The molecule has 0 fully saturated rings. The summed E-state index contributed by atoms with van der Waals surface area (Å²) in [6, 6.07) is 6.55. The Hall–Kier alpha value is -1.82. The van der Waals surface area contributed by atoms with Crippen LogP contribution in [0.3, 0.4) is 0 Å². The average Bonchev–Trinajstić information content (AvgIpc) is 2.60. The third-order valence-electron chi connectivity index (χ3n) is 2.63. The minimum atomic E-state index is -0.368. The molecule has 0 aliphatic rings. The highest BCUT2D eigenvalue weighted by atomic mass is 79.9. The number of phenols is 1. The van der Waals surface area contributed by atoms with Crippen molar-refractivity contribution in [3.63, 3.8) is 0 Å². The summed E-state index contributed by atoms with van der Waals surface area (Å²) in [4.78, 5) is 12.0. The van der Waals surface area contributed by atoms with E-state index in [0.717, 1.165) is 5.69 Å². The minimum absolute atomic E-state index is 0.0228. The molecular weight excluding hydrogens is 298 g/mol. The Kier molecular flexibility index (Phi) is 3.38. The molecule has 0 saturated heterocycles. The van der Waals surface area contributed by atoms with Gasteiger partial charge in [0, 0.05) is 7.05 Å². The Labute approximate surface area is 113 Å². The van der Waals surface area contributed by atoms with E-state index in [9.17, 15) is 9.90 Å². The van der Waals surface area contributed by atoms with Crippen LogP contribution in [0.15, 0.2) is 28.7 Å². The first-order valence-corrected chi connectivity index (χ1v) is 6.08. The van der Waals surface area contributed by atoms with Crippen molar-refractivity contribution in [3.8, 4) is 5.75 Å². The van der Waals surface area contributed by atoms with Gasteiger partial charge in [0.15, 0.2) is 5.69 Å². The quantitative estimate of drug-likeness (QED) is 0.837. The van der Waals surface area contributed by atoms with Crippen molar-refractivity contribution < 1.29 is 9.90 Å². The number of nitrogens with one attached hydrogen (secondary N) is 1. The number of hydrogen-bond donors (Lipinski definition) is 2. The second-order valence-corrected chi connectivity index (χ2v) is 4.64. The van der Waals surface area contributed by atoms with E-state index in [-0.39, 0.29) is 11.7 Å². The number of hydrogen-bond acceptors (Lipinski definition) is 3. The molecule has 6 heteroatoms. The first-order valence-electron chi connectivity index (χ1n) is 5.29. The van der Waals surface area contributed by atoms with Gasteiger partial charge in [0.25, 0.3) is 5.91 Å². The summed E-state index contributed by atoms with van der Waals surface area (Å²) in [7, 11) is 1.76. The zero-order chi connectivity index (χ0) is 13.3. The molecule has 0 aliphatic heterocycles. The average molecular weight is 310 g/mol. The van der Waals surface area contributed by atoms with Gasteiger partial charge in [-0.25, -0.2) is 0 Å². The van der Waals surface area contributed by atoms with Crippen LogP contribution in [0.1, 0.15) is 16.2 Å². The number of benzene rings is 1. The Morgan fingerprint density at radius 1 is 1.44 bits per heavy atom. The number of rotatable bonds is 2. The molecule has 2 rings (SSSR count). The fourth-order valence-electron chi connectivity index (χ4n) is 1.49. The van der Waals surface area contributed by atoms with Gasteiger partial charge in [-0.1, -0.05) is 12.1 Å². The van der Waals surface area contributed by atoms with Crippen LogP contribution in [0.4, 0.5) is 5.69 Å². The van der Waals surface area contributed by atoms with Gasteiger partial charge in [-0.3, -0.25) is 9.48 Å². The minimum Gasteiger partial charge on any atom is -0.506 e. The Morgan fingerprint density at radius 2 is 2.11 bits per heavy atom. The summed E-state index contributed by atoms with van der Waals surface area (Å²) < 4.78 is 2.27. The van der Waals surface area contributed by atoms with Crippen LogP contribution in [0, 0.1) is 6.92 Å². The zero-order valence-corrected chi connectivity index (χ0v) is 11.5. The molecule has 2 aromatic rings. The van der Waals surface area contributed by atoms with Crippen LogP contribution in [0.5, 0.6) is 5.75 Å². The fourth-order valence-corrected chi connectivity index (χ4v) is 2.00. The number of anilines is 1. The zero-order valence-electron chi connectivity index (χ0n) is 9.94. The van der Waals surface area contributed by atoms with E-state index in [1.165, 1.54) is 6.07 Å². The first kappa shape index (κ1) is 12.6. The Bertz CT molecular complexity index is 607. The topological polar surface area (TPSA) is 67.2 Å². The number of amides is 1. The lowest BCUT2D eigenvalue weighted by Crippen LogP contribution is -2.13. The van der Waals surface area contributed by atoms with E-state index < -0.39 is 0 Å².